The first-order chi connectivity index (χ1) is 8.20. The average molecular weight is 235 g/mol. The molecular weight excluding hydrogens is 210 g/mol. The lowest BCUT2D eigenvalue weighted by atomic mass is 10.1. The molecule has 0 fully saturated rings. The zero-order valence-electron chi connectivity index (χ0n) is 11.3. The highest BCUT2D eigenvalue weighted by Gasteiger charge is 2.03. The fourth-order valence-electron chi connectivity index (χ4n) is 1.70. The second-order valence-corrected chi connectivity index (χ2v) is 4.74. The Bertz CT molecular complexity index is 284. The van der Waals surface area contributed by atoms with Gasteiger partial charge in [-0.1, -0.05) is 44.2 Å². The van der Waals surface area contributed by atoms with Gasteiger partial charge >= 0.3 is 0 Å². The van der Waals surface area contributed by atoms with Gasteiger partial charge in [0.2, 0.25) is 0 Å². The van der Waals surface area contributed by atoms with E-state index in [0.717, 1.165) is 19.6 Å². The smallest absolute Gasteiger partial charge is 0.0796 e. The lowest BCUT2D eigenvalue weighted by molar-refractivity contribution is 0.0630. The number of benzene rings is 1. The molecule has 0 saturated heterocycles. The molecule has 1 aromatic rings. The van der Waals surface area contributed by atoms with Crippen molar-refractivity contribution >= 4 is 0 Å². The fourth-order valence-corrected chi connectivity index (χ4v) is 1.70. The van der Waals surface area contributed by atoms with Crippen molar-refractivity contribution in [1.29, 1.82) is 0 Å². The Labute approximate surface area is 105 Å². The predicted molar refractivity (Wildman–Crippen MR) is 73.2 cm³/mol. The summed E-state index contributed by atoms with van der Waals surface area (Å²) in [5, 5.41) is 3.41. The first kappa shape index (κ1) is 14.2. The third-order valence-corrected chi connectivity index (χ3v) is 2.76. The van der Waals surface area contributed by atoms with Crippen LogP contribution in [0.2, 0.25) is 0 Å². The summed E-state index contributed by atoms with van der Waals surface area (Å²) in [6, 6.07) is 11.0. The minimum absolute atomic E-state index is 0.203. The Hall–Kier alpha value is -0.860. The highest BCUT2D eigenvalue weighted by atomic mass is 16.5. The lowest BCUT2D eigenvalue weighted by Gasteiger charge is -2.13. The number of ether oxygens (including phenoxy) is 1. The molecule has 0 aromatic heterocycles. The summed E-state index contributed by atoms with van der Waals surface area (Å²) in [6.07, 6.45) is 2.51. The van der Waals surface area contributed by atoms with E-state index in [0.29, 0.717) is 6.04 Å². The van der Waals surface area contributed by atoms with Crippen molar-refractivity contribution in [3.8, 4) is 0 Å². The summed E-state index contributed by atoms with van der Waals surface area (Å²) >= 11 is 0. The minimum Gasteiger partial charge on any atom is -0.374 e. The second kappa shape index (κ2) is 8.26. The van der Waals surface area contributed by atoms with Gasteiger partial charge in [0, 0.05) is 12.6 Å². The van der Waals surface area contributed by atoms with Gasteiger partial charge in [-0.15, -0.1) is 0 Å². The Morgan fingerprint density at radius 2 is 1.76 bits per heavy atom. The molecule has 1 unspecified atom stereocenters. The molecule has 0 bridgehead atoms. The van der Waals surface area contributed by atoms with E-state index in [2.05, 4.69) is 50.4 Å². The van der Waals surface area contributed by atoms with Crippen LogP contribution in [0.3, 0.4) is 0 Å². The molecule has 2 nitrogen and oxygen atoms in total. The topological polar surface area (TPSA) is 21.3 Å². The van der Waals surface area contributed by atoms with Crippen molar-refractivity contribution < 1.29 is 4.74 Å². The molecule has 96 valence electrons. The van der Waals surface area contributed by atoms with E-state index < -0.39 is 0 Å². The standard InChI is InChI=1S/C15H25NO/c1-13(2)16-11-7-8-12-17-14(3)15-9-5-4-6-10-15/h4-6,9-10,13-14,16H,7-8,11-12H2,1-3H3. The molecule has 1 N–H and O–H groups in total. The predicted octanol–water partition coefficient (Wildman–Crippen LogP) is 3.54. The van der Waals surface area contributed by atoms with Gasteiger partial charge in [-0.2, -0.15) is 0 Å². The van der Waals surface area contributed by atoms with E-state index >= 15 is 0 Å². The summed E-state index contributed by atoms with van der Waals surface area (Å²) in [5.41, 5.74) is 1.26. The van der Waals surface area contributed by atoms with Gasteiger partial charge in [-0.25, -0.2) is 0 Å². The SMILES string of the molecule is CC(C)NCCCCOC(C)c1ccccc1. The van der Waals surface area contributed by atoms with Crippen molar-refractivity contribution in [3.63, 3.8) is 0 Å². The van der Waals surface area contributed by atoms with Crippen LogP contribution in [0.15, 0.2) is 30.3 Å². The molecule has 1 aromatic carbocycles. The van der Waals surface area contributed by atoms with Crippen LogP contribution in [0.25, 0.3) is 0 Å². The van der Waals surface area contributed by atoms with Crippen molar-refractivity contribution in [2.45, 2.75) is 45.8 Å². The highest BCUT2D eigenvalue weighted by Crippen LogP contribution is 2.15. The molecule has 1 atom stereocenters. The Balaban J connectivity index is 2.07. The summed E-state index contributed by atoms with van der Waals surface area (Å²) in [7, 11) is 0. The third-order valence-electron chi connectivity index (χ3n) is 2.76. The summed E-state index contributed by atoms with van der Waals surface area (Å²) < 4.78 is 5.81. The maximum Gasteiger partial charge on any atom is 0.0796 e. The number of hydrogen-bond donors (Lipinski definition) is 1. The van der Waals surface area contributed by atoms with Crippen LogP contribution < -0.4 is 5.32 Å². The normalized spacial score (nSPS) is 12.9. The quantitative estimate of drug-likeness (QED) is 0.696. The molecule has 0 spiro atoms. The molecule has 0 aliphatic carbocycles. The third kappa shape index (κ3) is 6.44. The van der Waals surface area contributed by atoms with E-state index in [9.17, 15) is 0 Å². The van der Waals surface area contributed by atoms with E-state index in [1.165, 1.54) is 12.0 Å². The number of unbranched alkanes of at least 4 members (excludes halogenated alkanes) is 1. The van der Waals surface area contributed by atoms with Crippen LogP contribution in [0.5, 0.6) is 0 Å². The largest absolute Gasteiger partial charge is 0.374 e. The number of hydrogen-bond acceptors (Lipinski definition) is 2. The van der Waals surface area contributed by atoms with Crippen LogP contribution in [-0.2, 0) is 4.74 Å². The van der Waals surface area contributed by atoms with Gasteiger partial charge < -0.3 is 10.1 Å². The highest BCUT2D eigenvalue weighted by molar-refractivity contribution is 5.16. The zero-order chi connectivity index (χ0) is 12.5. The van der Waals surface area contributed by atoms with Gasteiger partial charge in [0.1, 0.15) is 0 Å². The van der Waals surface area contributed by atoms with Gasteiger partial charge in [0.05, 0.1) is 6.10 Å². The summed E-state index contributed by atoms with van der Waals surface area (Å²) in [6.45, 7) is 8.39. The Morgan fingerprint density at radius 3 is 2.41 bits per heavy atom. The van der Waals surface area contributed by atoms with Gasteiger partial charge in [0.25, 0.3) is 0 Å². The zero-order valence-corrected chi connectivity index (χ0v) is 11.3. The maximum absolute atomic E-state index is 5.81. The van der Waals surface area contributed by atoms with Crippen molar-refractivity contribution in [2.24, 2.45) is 0 Å². The molecule has 0 aliphatic rings. The Morgan fingerprint density at radius 1 is 1.06 bits per heavy atom. The van der Waals surface area contributed by atoms with Crippen LogP contribution in [0.4, 0.5) is 0 Å². The summed E-state index contributed by atoms with van der Waals surface area (Å²) in [5.74, 6) is 0. The van der Waals surface area contributed by atoms with Crippen LogP contribution in [0.1, 0.15) is 45.3 Å². The molecule has 0 saturated carbocycles. The van der Waals surface area contributed by atoms with Crippen molar-refractivity contribution in [2.75, 3.05) is 13.2 Å². The van der Waals surface area contributed by atoms with Gasteiger partial charge in [-0.05, 0) is 31.9 Å². The number of rotatable bonds is 8. The molecule has 17 heavy (non-hydrogen) atoms. The first-order valence-corrected chi connectivity index (χ1v) is 6.60. The van der Waals surface area contributed by atoms with E-state index in [1.807, 2.05) is 6.07 Å². The number of nitrogens with one attached hydrogen (secondary N) is 1. The first-order valence-electron chi connectivity index (χ1n) is 6.60. The van der Waals surface area contributed by atoms with Gasteiger partial charge in [0.15, 0.2) is 0 Å². The molecular formula is C15H25NO. The van der Waals surface area contributed by atoms with Crippen LogP contribution in [0, 0.1) is 0 Å². The van der Waals surface area contributed by atoms with Crippen LogP contribution in [-0.4, -0.2) is 19.2 Å². The molecule has 0 amide bonds. The van der Waals surface area contributed by atoms with E-state index in [4.69, 9.17) is 4.74 Å². The molecule has 0 heterocycles. The van der Waals surface area contributed by atoms with Crippen molar-refractivity contribution in [1.82, 2.24) is 5.32 Å². The minimum atomic E-state index is 0.203. The molecule has 1 rings (SSSR count). The summed E-state index contributed by atoms with van der Waals surface area (Å²) in [4.78, 5) is 0. The average Bonchev–Trinajstić information content (AvgIpc) is 2.34. The van der Waals surface area contributed by atoms with E-state index in [-0.39, 0.29) is 6.10 Å². The fraction of sp³-hybridized carbons (Fsp3) is 0.600. The molecule has 2 heteroatoms. The monoisotopic (exact) mass is 235 g/mol. The van der Waals surface area contributed by atoms with Gasteiger partial charge in [-0.3, -0.25) is 0 Å². The second-order valence-electron chi connectivity index (χ2n) is 4.74. The maximum atomic E-state index is 5.81. The van der Waals surface area contributed by atoms with Crippen molar-refractivity contribution in [3.05, 3.63) is 35.9 Å². The lowest BCUT2D eigenvalue weighted by Crippen LogP contribution is -2.23. The molecule has 0 aliphatic heterocycles. The molecule has 0 radical (unpaired) electrons. The van der Waals surface area contributed by atoms with E-state index in [1.54, 1.807) is 0 Å². The Kier molecular flexibility index (Phi) is 6.90. The van der Waals surface area contributed by atoms with Crippen LogP contribution >= 0.6 is 0 Å².